The first-order chi connectivity index (χ1) is 15.5. The Balaban J connectivity index is 1.35. The number of nitrogens with zero attached hydrogens (tertiary/aromatic N) is 1. The minimum Gasteiger partial charge on any atom is -0.376 e. The van der Waals surface area contributed by atoms with E-state index in [-0.39, 0.29) is 36.0 Å². The summed E-state index contributed by atoms with van der Waals surface area (Å²) in [5, 5.41) is 8.67. The van der Waals surface area contributed by atoms with Gasteiger partial charge in [0.25, 0.3) is 5.91 Å². The second-order valence-electron chi connectivity index (χ2n) is 8.22. The van der Waals surface area contributed by atoms with Crippen molar-refractivity contribution in [2.24, 2.45) is 0 Å². The molecule has 2 aromatic rings. The highest BCUT2D eigenvalue weighted by Gasteiger charge is 2.24. The van der Waals surface area contributed by atoms with Gasteiger partial charge in [-0.3, -0.25) is 14.4 Å². The fourth-order valence-electron chi connectivity index (χ4n) is 4.24. The van der Waals surface area contributed by atoms with Crippen molar-refractivity contribution < 1.29 is 18.8 Å². The van der Waals surface area contributed by atoms with Crippen molar-refractivity contribution in [2.45, 2.75) is 44.6 Å². The van der Waals surface area contributed by atoms with Gasteiger partial charge in [0.1, 0.15) is 5.82 Å². The topological polar surface area (TPSA) is 90.5 Å². The highest BCUT2D eigenvalue weighted by atomic mass is 19.1. The number of para-hydroxylation sites is 1. The molecule has 8 heteroatoms. The van der Waals surface area contributed by atoms with E-state index in [4.69, 9.17) is 0 Å². The van der Waals surface area contributed by atoms with Crippen LogP contribution >= 0.6 is 0 Å². The molecule has 2 fully saturated rings. The summed E-state index contributed by atoms with van der Waals surface area (Å²) in [6.07, 6.45) is 5.34. The van der Waals surface area contributed by atoms with Gasteiger partial charge in [-0.25, -0.2) is 4.39 Å². The molecule has 1 heterocycles. The van der Waals surface area contributed by atoms with Gasteiger partial charge in [-0.15, -0.1) is 0 Å². The molecule has 1 saturated heterocycles. The maximum atomic E-state index is 14.5. The molecule has 0 spiro atoms. The fourth-order valence-corrected chi connectivity index (χ4v) is 4.24. The highest BCUT2D eigenvalue weighted by Crippen LogP contribution is 2.27. The number of hydrogen-bond acceptors (Lipinski definition) is 4. The summed E-state index contributed by atoms with van der Waals surface area (Å²) >= 11 is 0. The van der Waals surface area contributed by atoms with Crippen LogP contribution in [0.25, 0.3) is 0 Å². The van der Waals surface area contributed by atoms with Gasteiger partial charge in [-0.05, 0) is 49.6 Å². The Labute approximate surface area is 186 Å². The van der Waals surface area contributed by atoms with E-state index >= 15 is 0 Å². The number of hydrogen-bond donors (Lipinski definition) is 3. The third-order valence-electron chi connectivity index (χ3n) is 5.90. The molecule has 1 aliphatic carbocycles. The Kier molecular flexibility index (Phi) is 6.68. The van der Waals surface area contributed by atoms with Gasteiger partial charge in [-0.2, -0.15) is 0 Å². The van der Waals surface area contributed by atoms with Crippen molar-refractivity contribution in [1.29, 1.82) is 0 Å². The summed E-state index contributed by atoms with van der Waals surface area (Å²) < 4.78 is 14.5. The van der Waals surface area contributed by atoms with Crippen LogP contribution in [-0.2, 0) is 9.59 Å². The lowest BCUT2D eigenvalue weighted by Gasteiger charge is -2.17. The van der Waals surface area contributed by atoms with Crippen LogP contribution < -0.4 is 20.9 Å². The first-order valence-corrected chi connectivity index (χ1v) is 11.0. The van der Waals surface area contributed by atoms with Gasteiger partial charge in [0, 0.05) is 24.7 Å². The fraction of sp³-hybridized carbons (Fsp3) is 0.375. The van der Waals surface area contributed by atoms with Gasteiger partial charge in [0.15, 0.2) is 0 Å². The molecular formula is C24H27FN4O3. The Morgan fingerprint density at radius 3 is 2.56 bits per heavy atom. The number of anilines is 3. The van der Waals surface area contributed by atoms with E-state index in [1.165, 1.54) is 11.0 Å². The molecule has 0 unspecified atom stereocenters. The third-order valence-corrected chi connectivity index (χ3v) is 5.90. The third kappa shape index (κ3) is 5.07. The van der Waals surface area contributed by atoms with E-state index in [0.717, 1.165) is 32.1 Å². The molecule has 0 radical (unpaired) electrons. The normalized spacial score (nSPS) is 16.3. The number of carbonyl (C=O) groups excluding carboxylic acids is 3. The smallest absolute Gasteiger partial charge is 0.253 e. The van der Waals surface area contributed by atoms with Gasteiger partial charge >= 0.3 is 0 Å². The summed E-state index contributed by atoms with van der Waals surface area (Å²) in [5.41, 5.74) is 1.53. The Morgan fingerprint density at radius 1 is 1.06 bits per heavy atom. The van der Waals surface area contributed by atoms with Gasteiger partial charge < -0.3 is 20.9 Å². The maximum absolute atomic E-state index is 14.5. The van der Waals surface area contributed by atoms with Gasteiger partial charge in [0.05, 0.1) is 23.5 Å². The Morgan fingerprint density at radius 2 is 1.84 bits per heavy atom. The average molecular weight is 439 g/mol. The van der Waals surface area contributed by atoms with Crippen molar-refractivity contribution in [1.82, 2.24) is 5.32 Å². The molecule has 2 aromatic carbocycles. The lowest BCUT2D eigenvalue weighted by atomic mass is 10.1. The Hall–Kier alpha value is -3.42. The van der Waals surface area contributed by atoms with E-state index in [1.807, 2.05) is 0 Å². The second-order valence-corrected chi connectivity index (χ2v) is 8.22. The molecule has 1 saturated carbocycles. The molecule has 0 aromatic heterocycles. The van der Waals surface area contributed by atoms with Crippen LogP contribution in [0, 0.1) is 5.82 Å². The van der Waals surface area contributed by atoms with Crippen molar-refractivity contribution in [3.05, 3.63) is 53.8 Å². The van der Waals surface area contributed by atoms with E-state index in [2.05, 4.69) is 16.0 Å². The number of rotatable bonds is 7. The van der Waals surface area contributed by atoms with Crippen LogP contribution in [0.15, 0.2) is 42.5 Å². The summed E-state index contributed by atoms with van der Waals surface area (Å²) in [7, 11) is 0. The minimum atomic E-state index is -0.514. The first kappa shape index (κ1) is 21.8. The molecule has 3 amide bonds. The van der Waals surface area contributed by atoms with Crippen LogP contribution in [0.2, 0.25) is 0 Å². The quantitative estimate of drug-likeness (QED) is 0.615. The minimum absolute atomic E-state index is 0.0837. The lowest BCUT2D eigenvalue weighted by Crippen LogP contribution is -2.33. The summed E-state index contributed by atoms with van der Waals surface area (Å²) in [4.78, 5) is 38.4. The summed E-state index contributed by atoms with van der Waals surface area (Å²) in [5.74, 6) is -1.15. The molecule has 32 heavy (non-hydrogen) atoms. The summed E-state index contributed by atoms with van der Waals surface area (Å²) in [6.45, 7) is 0.415. The van der Waals surface area contributed by atoms with Gasteiger partial charge in [0.2, 0.25) is 11.8 Å². The first-order valence-electron chi connectivity index (χ1n) is 11.0. The zero-order valence-corrected chi connectivity index (χ0v) is 17.8. The number of nitrogens with one attached hydrogen (secondary N) is 3. The van der Waals surface area contributed by atoms with Crippen molar-refractivity contribution >= 4 is 34.8 Å². The maximum Gasteiger partial charge on any atom is 0.253 e. The molecule has 0 atom stereocenters. The summed E-state index contributed by atoms with van der Waals surface area (Å²) in [6, 6.07) is 11.5. The molecule has 3 N–H and O–H groups in total. The van der Waals surface area contributed by atoms with Gasteiger partial charge in [-0.1, -0.05) is 25.0 Å². The Bertz CT molecular complexity index is 1020. The van der Waals surface area contributed by atoms with Crippen LogP contribution in [0.3, 0.4) is 0 Å². The van der Waals surface area contributed by atoms with E-state index in [1.54, 1.807) is 36.4 Å². The van der Waals surface area contributed by atoms with E-state index in [0.29, 0.717) is 29.9 Å². The molecule has 2 aliphatic rings. The molecule has 168 valence electrons. The average Bonchev–Trinajstić information content (AvgIpc) is 3.44. The van der Waals surface area contributed by atoms with Crippen LogP contribution in [0.1, 0.15) is 48.9 Å². The molecule has 4 rings (SSSR count). The molecular weight excluding hydrogens is 411 g/mol. The van der Waals surface area contributed by atoms with E-state index in [9.17, 15) is 18.8 Å². The predicted molar refractivity (Wildman–Crippen MR) is 121 cm³/mol. The predicted octanol–water partition coefficient (Wildman–Crippen LogP) is 3.68. The lowest BCUT2D eigenvalue weighted by molar-refractivity contribution is -0.117. The van der Waals surface area contributed by atoms with Crippen molar-refractivity contribution in [3.8, 4) is 0 Å². The zero-order chi connectivity index (χ0) is 22.5. The molecule has 7 nitrogen and oxygen atoms in total. The van der Waals surface area contributed by atoms with Crippen LogP contribution in [0.5, 0.6) is 0 Å². The number of carbonyl (C=O) groups is 3. The largest absolute Gasteiger partial charge is 0.376 e. The van der Waals surface area contributed by atoms with Crippen molar-refractivity contribution in [2.75, 3.05) is 28.6 Å². The zero-order valence-electron chi connectivity index (χ0n) is 17.8. The van der Waals surface area contributed by atoms with Crippen molar-refractivity contribution in [3.63, 3.8) is 0 Å². The molecule has 0 bridgehead atoms. The number of halogens is 1. The van der Waals surface area contributed by atoms with E-state index < -0.39 is 5.82 Å². The SMILES string of the molecule is O=C(CNc1ccc(N2CCCC2=O)c(F)c1)Nc1ccccc1C(=O)NC1CCCC1. The highest BCUT2D eigenvalue weighted by molar-refractivity contribution is 6.04. The standard InChI is InChI=1S/C24H27FN4O3/c25-19-14-17(11-12-21(19)29-13-5-10-23(29)31)26-15-22(30)28-20-9-4-3-8-18(20)24(32)27-16-6-1-2-7-16/h3-4,8-9,11-12,14,16,26H,1-2,5-7,10,13,15H2,(H,27,32)(H,28,30). The monoisotopic (exact) mass is 438 g/mol. The number of amides is 3. The van der Waals surface area contributed by atoms with Crippen LogP contribution in [-0.4, -0.2) is 36.9 Å². The molecule has 1 aliphatic heterocycles. The van der Waals surface area contributed by atoms with Crippen LogP contribution in [0.4, 0.5) is 21.5 Å². The number of benzene rings is 2. The second kappa shape index (κ2) is 9.80.